The normalized spacial score (nSPS) is 10.6. The molecule has 0 bridgehead atoms. The summed E-state index contributed by atoms with van der Waals surface area (Å²) >= 11 is 0. The van der Waals surface area contributed by atoms with E-state index in [0.717, 1.165) is 29.1 Å². The Morgan fingerprint density at radius 1 is 0.871 bits per heavy atom. The zero-order valence-electron chi connectivity index (χ0n) is 17.2. The van der Waals surface area contributed by atoms with E-state index >= 15 is 0 Å². The van der Waals surface area contributed by atoms with E-state index in [1.165, 1.54) is 5.56 Å². The van der Waals surface area contributed by atoms with Gasteiger partial charge in [0.2, 0.25) is 0 Å². The third-order valence-corrected chi connectivity index (χ3v) is 4.94. The van der Waals surface area contributed by atoms with E-state index in [4.69, 9.17) is 9.15 Å². The van der Waals surface area contributed by atoms with Crippen LogP contribution in [0.2, 0.25) is 0 Å². The van der Waals surface area contributed by atoms with Crippen LogP contribution in [0, 0.1) is 0 Å². The average Bonchev–Trinajstić information content (AvgIpc) is 3.32. The van der Waals surface area contributed by atoms with Gasteiger partial charge in [0.15, 0.2) is 6.61 Å². The molecule has 0 unspecified atom stereocenters. The van der Waals surface area contributed by atoms with Crippen molar-refractivity contribution in [3.8, 4) is 5.75 Å². The van der Waals surface area contributed by atoms with Crippen LogP contribution in [0.5, 0.6) is 5.75 Å². The summed E-state index contributed by atoms with van der Waals surface area (Å²) < 4.78 is 11.4. The molecule has 5 heteroatoms. The molecule has 2 aromatic carbocycles. The van der Waals surface area contributed by atoms with E-state index in [-0.39, 0.29) is 12.5 Å². The van der Waals surface area contributed by atoms with Crippen molar-refractivity contribution in [2.45, 2.75) is 19.5 Å². The van der Waals surface area contributed by atoms with Crippen molar-refractivity contribution in [3.05, 3.63) is 120 Å². The summed E-state index contributed by atoms with van der Waals surface area (Å²) in [5.74, 6) is 1.33. The second kappa shape index (κ2) is 10.3. The van der Waals surface area contributed by atoms with Gasteiger partial charge < -0.3 is 14.1 Å². The highest BCUT2D eigenvalue weighted by Gasteiger charge is 2.17. The summed E-state index contributed by atoms with van der Waals surface area (Å²) in [5, 5.41) is 0. The van der Waals surface area contributed by atoms with E-state index in [9.17, 15) is 4.79 Å². The number of carbonyl (C=O) groups is 1. The Morgan fingerprint density at radius 3 is 2.45 bits per heavy atom. The van der Waals surface area contributed by atoms with Gasteiger partial charge in [0.25, 0.3) is 5.91 Å². The van der Waals surface area contributed by atoms with Crippen LogP contribution in [0.15, 0.2) is 102 Å². The third kappa shape index (κ3) is 5.82. The molecule has 1 amide bonds. The molecule has 0 spiro atoms. The lowest BCUT2D eigenvalue weighted by molar-refractivity contribution is -0.134. The van der Waals surface area contributed by atoms with Gasteiger partial charge in [0, 0.05) is 25.4 Å². The number of para-hydroxylation sites is 1. The number of hydrogen-bond acceptors (Lipinski definition) is 4. The second-order valence-electron chi connectivity index (χ2n) is 7.25. The van der Waals surface area contributed by atoms with Gasteiger partial charge in [-0.2, -0.15) is 0 Å². The van der Waals surface area contributed by atoms with E-state index in [2.05, 4.69) is 17.1 Å². The van der Waals surface area contributed by atoms with Crippen molar-refractivity contribution in [1.82, 2.24) is 9.88 Å². The molecule has 0 saturated carbocycles. The fourth-order valence-corrected chi connectivity index (χ4v) is 3.37. The first-order valence-corrected chi connectivity index (χ1v) is 10.2. The molecule has 4 aromatic rings. The van der Waals surface area contributed by atoms with Gasteiger partial charge in [-0.3, -0.25) is 9.78 Å². The monoisotopic (exact) mass is 412 g/mol. The van der Waals surface area contributed by atoms with Gasteiger partial charge in [-0.15, -0.1) is 0 Å². The first-order chi connectivity index (χ1) is 15.3. The maximum Gasteiger partial charge on any atom is 0.261 e. The Morgan fingerprint density at radius 2 is 1.68 bits per heavy atom. The second-order valence-corrected chi connectivity index (χ2v) is 7.25. The molecule has 31 heavy (non-hydrogen) atoms. The van der Waals surface area contributed by atoms with E-state index < -0.39 is 0 Å². The topological polar surface area (TPSA) is 55.6 Å². The Hall–Kier alpha value is -3.86. The van der Waals surface area contributed by atoms with Crippen LogP contribution in [-0.4, -0.2) is 22.4 Å². The lowest BCUT2D eigenvalue weighted by Gasteiger charge is -2.22. The van der Waals surface area contributed by atoms with Crippen LogP contribution in [0.4, 0.5) is 0 Å². The van der Waals surface area contributed by atoms with Crippen LogP contribution < -0.4 is 4.74 Å². The standard InChI is InChI=1S/C26H24N2O3/c29-26(28(19-24-12-7-15-30-24)18-22-10-6-14-27-17-22)20-31-25-13-5-4-11-23(25)16-21-8-2-1-3-9-21/h1-15,17H,16,18-20H2. The lowest BCUT2D eigenvalue weighted by Crippen LogP contribution is -2.34. The molecule has 0 fully saturated rings. The fourth-order valence-electron chi connectivity index (χ4n) is 3.37. The number of carbonyl (C=O) groups excluding carboxylic acids is 1. The number of pyridine rings is 1. The average molecular weight is 412 g/mol. The van der Waals surface area contributed by atoms with Crippen LogP contribution in [0.1, 0.15) is 22.5 Å². The molecule has 0 N–H and O–H groups in total. The zero-order valence-corrected chi connectivity index (χ0v) is 17.2. The Labute approximate surface area is 181 Å². The molecule has 4 rings (SSSR count). The molecule has 0 aliphatic heterocycles. The van der Waals surface area contributed by atoms with Crippen LogP contribution in [0.3, 0.4) is 0 Å². The highest BCUT2D eigenvalue weighted by Crippen LogP contribution is 2.22. The Kier molecular flexibility index (Phi) is 6.75. The summed E-state index contributed by atoms with van der Waals surface area (Å²) in [6.07, 6.45) is 5.84. The number of amides is 1. The van der Waals surface area contributed by atoms with Gasteiger partial charge in [-0.25, -0.2) is 0 Å². The zero-order chi connectivity index (χ0) is 21.3. The first-order valence-electron chi connectivity index (χ1n) is 10.2. The highest BCUT2D eigenvalue weighted by molar-refractivity contribution is 5.77. The highest BCUT2D eigenvalue weighted by atomic mass is 16.5. The van der Waals surface area contributed by atoms with Crippen molar-refractivity contribution >= 4 is 5.91 Å². The van der Waals surface area contributed by atoms with Gasteiger partial charge in [-0.05, 0) is 41.0 Å². The molecule has 0 aliphatic carbocycles. The van der Waals surface area contributed by atoms with Gasteiger partial charge >= 0.3 is 0 Å². The molecule has 156 valence electrons. The van der Waals surface area contributed by atoms with E-state index in [1.54, 1.807) is 23.6 Å². The predicted molar refractivity (Wildman–Crippen MR) is 118 cm³/mol. The Bertz CT molecular complexity index is 1080. The number of hydrogen-bond donors (Lipinski definition) is 0. The maximum absolute atomic E-state index is 13.1. The molecular formula is C26H24N2O3. The molecule has 0 aliphatic rings. The minimum atomic E-state index is -0.116. The molecule has 5 nitrogen and oxygen atoms in total. The van der Waals surface area contributed by atoms with Gasteiger partial charge in [0.05, 0.1) is 12.8 Å². The molecule has 0 radical (unpaired) electrons. The minimum absolute atomic E-state index is 0.0488. The quantitative estimate of drug-likeness (QED) is 0.393. The van der Waals surface area contributed by atoms with Crippen molar-refractivity contribution in [1.29, 1.82) is 0 Å². The number of rotatable bonds is 9. The Balaban J connectivity index is 1.45. The molecule has 2 aromatic heterocycles. The van der Waals surface area contributed by atoms with Crippen LogP contribution >= 0.6 is 0 Å². The summed E-state index contributed by atoms with van der Waals surface area (Å²) in [6.45, 7) is 0.755. The number of benzene rings is 2. The van der Waals surface area contributed by atoms with Crippen molar-refractivity contribution in [2.75, 3.05) is 6.61 Å². The van der Waals surface area contributed by atoms with Gasteiger partial charge in [0.1, 0.15) is 11.5 Å². The first kappa shape index (κ1) is 20.4. The SMILES string of the molecule is O=C(COc1ccccc1Cc1ccccc1)N(Cc1cccnc1)Cc1ccco1. The molecule has 2 heterocycles. The predicted octanol–water partition coefficient (Wildman–Crippen LogP) is 4.87. The van der Waals surface area contributed by atoms with Crippen LogP contribution in [-0.2, 0) is 24.3 Å². The molecule has 0 atom stereocenters. The number of aromatic nitrogens is 1. The molecular weight excluding hydrogens is 388 g/mol. The van der Waals surface area contributed by atoms with Crippen molar-refractivity contribution < 1.29 is 13.9 Å². The summed E-state index contributed by atoms with van der Waals surface area (Å²) in [7, 11) is 0. The van der Waals surface area contributed by atoms with Gasteiger partial charge in [-0.1, -0.05) is 54.6 Å². The van der Waals surface area contributed by atoms with Crippen molar-refractivity contribution in [3.63, 3.8) is 0 Å². The minimum Gasteiger partial charge on any atom is -0.483 e. The number of nitrogens with zero attached hydrogens (tertiary/aromatic N) is 2. The largest absolute Gasteiger partial charge is 0.483 e. The van der Waals surface area contributed by atoms with Crippen molar-refractivity contribution in [2.24, 2.45) is 0 Å². The van der Waals surface area contributed by atoms with E-state index in [0.29, 0.717) is 13.1 Å². The maximum atomic E-state index is 13.1. The third-order valence-electron chi connectivity index (χ3n) is 4.94. The summed E-state index contributed by atoms with van der Waals surface area (Å²) in [6, 6.07) is 25.5. The summed E-state index contributed by atoms with van der Waals surface area (Å²) in [5.41, 5.74) is 3.19. The summed E-state index contributed by atoms with van der Waals surface area (Å²) in [4.78, 5) is 18.9. The lowest BCUT2D eigenvalue weighted by atomic mass is 10.0. The van der Waals surface area contributed by atoms with E-state index in [1.807, 2.05) is 66.7 Å². The number of ether oxygens (including phenoxy) is 1. The molecule has 0 saturated heterocycles. The van der Waals surface area contributed by atoms with Crippen LogP contribution in [0.25, 0.3) is 0 Å². The smallest absolute Gasteiger partial charge is 0.261 e. The fraction of sp³-hybridized carbons (Fsp3) is 0.154. The number of furan rings is 1.